The maximum absolute atomic E-state index is 13.9. The number of hydrogen-bond acceptors (Lipinski definition) is 4. The minimum atomic E-state index is -0.990. The first kappa shape index (κ1) is 17.1. The molecule has 4 rings (SSSR count). The molecule has 2 aliphatic carbocycles. The molecule has 1 aromatic carbocycles. The third-order valence-electron chi connectivity index (χ3n) is 4.94. The van der Waals surface area contributed by atoms with E-state index in [1.807, 2.05) is 0 Å². The molecule has 1 aromatic heterocycles. The van der Waals surface area contributed by atoms with Crippen LogP contribution in [0.2, 0.25) is 0 Å². The van der Waals surface area contributed by atoms with Crippen molar-refractivity contribution >= 4 is 17.5 Å². The van der Waals surface area contributed by atoms with Gasteiger partial charge in [-0.05, 0) is 25.7 Å². The van der Waals surface area contributed by atoms with Crippen LogP contribution in [-0.2, 0) is 0 Å². The SMILES string of the molecule is Fc1cc(F)c(Nc2cc(C3CC3)nc(NC3CCCCC3)n2)c(F)c1. The molecule has 0 aliphatic heterocycles. The van der Waals surface area contributed by atoms with Crippen LogP contribution in [-0.4, -0.2) is 16.0 Å². The minimum Gasteiger partial charge on any atom is -0.351 e. The van der Waals surface area contributed by atoms with Crippen molar-refractivity contribution in [2.75, 3.05) is 10.6 Å². The van der Waals surface area contributed by atoms with Gasteiger partial charge in [0.15, 0.2) is 11.6 Å². The van der Waals surface area contributed by atoms with Crippen LogP contribution in [0.15, 0.2) is 18.2 Å². The van der Waals surface area contributed by atoms with E-state index in [1.165, 1.54) is 19.3 Å². The zero-order valence-corrected chi connectivity index (χ0v) is 14.4. The number of halogens is 3. The molecule has 2 fully saturated rings. The van der Waals surface area contributed by atoms with Gasteiger partial charge in [-0.1, -0.05) is 19.3 Å². The van der Waals surface area contributed by atoms with E-state index < -0.39 is 23.1 Å². The Hall–Kier alpha value is -2.31. The van der Waals surface area contributed by atoms with Crippen LogP contribution in [0.5, 0.6) is 0 Å². The summed E-state index contributed by atoms with van der Waals surface area (Å²) in [6.07, 6.45) is 7.85. The molecular weight excluding hydrogens is 341 g/mol. The standard InChI is InChI=1S/C19H21F3N4/c20-12-8-14(21)18(15(22)9-12)25-17-10-16(11-6-7-11)24-19(26-17)23-13-4-2-1-3-5-13/h8-11,13H,1-7H2,(H2,23,24,25,26). The molecule has 0 unspecified atom stereocenters. The first-order valence-electron chi connectivity index (χ1n) is 9.15. The van der Waals surface area contributed by atoms with E-state index in [0.717, 1.165) is 31.4 Å². The molecule has 1 heterocycles. The second-order valence-electron chi connectivity index (χ2n) is 7.12. The summed E-state index contributed by atoms with van der Waals surface area (Å²) in [4.78, 5) is 8.96. The number of aromatic nitrogens is 2. The Morgan fingerprint density at radius 3 is 2.19 bits per heavy atom. The molecular formula is C19H21F3N4. The highest BCUT2D eigenvalue weighted by molar-refractivity contribution is 5.59. The predicted molar refractivity (Wildman–Crippen MR) is 94.1 cm³/mol. The van der Waals surface area contributed by atoms with Crippen LogP contribution < -0.4 is 10.6 Å². The molecule has 7 heteroatoms. The van der Waals surface area contributed by atoms with Crippen LogP contribution >= 0.6 is 0 Å². The summed E-state index contributed by atoms with van der Waals surface area (Å²) in [6, 6.07) is 3.34. The van der Waals surface area contributed by atoms with Crippen LogP contribution in [0.4, 0.5) is 30.6 Å². The Labute approximate surface area is 150 Å². The monoisotopic (exact) mass is 362 g/mol. The van der Waals surface area contributed by atoms with Gasteiger partial charge in [-0.25, -0.2) is 18.2 Å². The summed E-state index contributed by atoms with van der Waals surface area (Å²) < 4.78 is 41.0. The average molecular weight is 362 g/mol. The number of nitrogens with one attached hydrogen (secondary N) is 2. The van der Waals surface area contributed by atoms with Gasteiger partial charge in [0.1, 0.15) is 17.3 Å². The van der Waals surface area contributed by atoms with Crippen molar-refractivity contribution in [1.82, 2.24) is 9.97 Å². The van der Waals surface area contributed by atoms with E-state index in [2.05, 4.69) is 20.6 Å². The van der Waals surface area contributed by atoms with Gasteiger partial charge in [0.25, 0.3) is 0 Å². The van der Waals surface area contributed by atoms with Crippen molar-refractivity contribution in [2.24, 2.45) is 0 Å². The number of rotatable bonds is 5. The van der Waals surface area contributed by atoms with Crippen molar-refractivity contribution in [3.05, 3.63) is 41.3 Å². The van der Waals surface area contributed by atoms with Gasteiger partial charge < -0.3 is 10.6 Å². The third kappa shape index (κ3) is 3.92. The van der Waals surface area contributed by atoms with Gasteiger partial charge >= 0.3 is 0 Å². The van der Waals surface area contributed by atoms with E-state index in [-0.39, 0.29) is 0 Å². The molecule has 0 radical (unpaired) electrons. The second-order valence-corrected chi connectivity index (χ2v) is 7.12. The molecule has 4 nitrogen and oxygen atoms in total. The maximum Gasteiger partial charge on any atom is 0.225 e. The van der Waals surface area contributed by atoms with Crippen LogP contribution in [0.25, 0.3) is 0 Å². The first-order valence-corrected chi connectivity index (χ1v) is 9.15. The number of benzene rings is 1. The molecule has 2 saturated carbocycles. The topological polar surface area (TPSA) is 49.8 Å². The summed E-state index contributed by atoms with van der Waals surface area (Å²) in [5.74, 6) is -1.77. The molecule has 2 N–H and O–H groups in total. The highest BCUT2D eigenvalue weighted by Gasteiger charge is 2.27. The lowest BCUT2D eigenvalue weighted by molar-refractivity contribution is 0.460. The molecule has 0 amide bonds. The van der Waals surface area contributed by atoms with Gasteiger partial charge in [0.2, 0.25) is 5.95 Å². The van der Waals surface area contributed by atoms with E-state index in [0.29, 0.717) is 35.9 Å². The van der Waals surface area contributed by atoms with Crippen LogP contribution in [0.1, 0.15) is 56.6 Å². The van der Waals surface area contributed by atoms with Gasteiger partial charge in [0.05, 0.1) is 5.69 Å². The van der Waals surface area contributed by atoms with Crippen molar-refractivity contribution in [3.63, 3.8) is 0 Å². The van der Waals surface area contributed by atoms with E-state index >= 15 is 0 Å². The minimum absolute atomic E-state index is 0.310. The Morgan fingerprint density at radius 2 is 1.54 bits per heavy atom. The molecule has 0 atom stereocenters. The van der Waals surface area contributed by atoms with E-state index in [4.69, 9.17) is 0 Å². The quantitative estimate of drug-likeness (QED) is 0.762. The second kappa shape index (κ2) is 7.13. The lowest BCUT2D eigenvalue weighted by atomic mass is 9.96. The fourth-order valence-electron chi connectivity index (χ4n) is 3.40. The smallest absolute Gasteiger partial charge is 0.225 e. The van der Waals surface area contributed by atoms with Gasteiger partial charge in [-0.15, -0.1) is 0 Å². The van der Waals surface area contributed by atoms with E-state index in [1.54, 1.807) is 6.07 Å². The number of anilines is 3. The molecule has 26 heavy (non-hydrogen) atoms. The Balaban J connectivity index is 1.60. The summed E-state index contributed by atoms with van der Waals surface area (Å²) in [5.41, 5.74) is 0.458. The molecule has 2 aliphatic rings. The third-order valence-corrected chi connectivity index (χ3v) is 4.94. The molecule has 0 spiro atoms. The largest absolute Gasteiger partial charge is 0.351 e. The fourth-order valence-corrected chi connectivity index (χ4v) is 3.40. The summed E-state index contributed by atoms with van der Waals surface area (Å²) >= 11 is 0. The summed E-state index contributed by atoms with van der Waals surface area (Å²) in [5, 5.41) is 6.02. The molecule has 0 bridgehead atoms. The first-order chi connectivity index (χ1) is 12.6. The van der Waals surface area contributed by atoms with E-state index in [9.17, 15) is 13.2 Å². The average Bonchev–Trinajstić information content (AvgIpc) is 3.44. The summed E-state index contributed by atoms with van der Waals surface area (Å²) in [7, 11) is 0. The highest BCUT2D eigenvalue weighted by Crippen LogP contribution is 2.40. The highest BCUT2D eigenvalue weighted by atomic mass is 19.1. The molecule has 0 saturated heterocycles. The Kier molecular flexibility index (Phi) is 4.70. The predicted octanol–water partition coefficient (Wildman–Crippen LogP) is 5.26. The van der Waals surface area contributed by atoms with Gasteiger partial charge in [0, 0.05) is 30.2 Å². The van der Waals surface area contributed by atoms with Gasteiger partial charge in [-0.3, -0.25) is 0 Å². The van der Waals surface area contributed by atoms with Crippen molar-refractivity contribution in [1.29, 1.82) is 0 Å². The van der Waals surface area contributed by atoms with Crippen molar-refractivity contribution in [3.8, 4) is 0 Å². The van der Waals surface area contributed by atoms with Gasteiger partial charge in [-0.2, -0.15) is 4.98 Å². The zero-order valence-electron chi connectivity index (χ0n) is 14.4. The summed E-state index contributed by atoms with van der Waals surface area (Å²) in [6.45, 7) is 0. The van der Waals surface area contributed by atoms with Crippen molar-refractivity contribution < 1.29 is 13.2 Å². The lowest BCUT2D eigenvalue weighted by Crippen LogP contribution is -2.24. The number of nitrogens with zero attached hydrogens (tertiary/aromatic N) is 2. The van der Waals surface area contributed by atoms with Crippen LogP contribution in [0.3, 0.4) is 0 Å². The van der Waals surface area contributed by atoms with Crippen molar-refractivity contribution in [2.45, 2.75) is 56.9 Å². The Morgan fingerprint density at radius 1 is 0.846 bits per heavy atom. The van der Waals surface area contributed by atoms with Crippen LogP contribution in [0, 0.1) is 17.5 Å². The normalized spacial score (nSPS) is 18.0. The Bertz CT molecular complexity index is 778. The lowest BCUT2D eigenvalue weighted by Gasteiger charge is -2.23. The molecule has 138 valence electrons. The number of hydrogen-bond donors (Lipinski definition) is 2. The maximum atomic E-state index is 13.9. The molecule has 2 aromatic rings. The zero-order chi connectivity index (χ0) is 18.1. The fraction of sp³-hybridized carbons (Fsp3) is 0.474.